The number of likely N-dealkylation sites (N-methyl/N-ethyl adjacent to an activating group) is 1. The minimum Gasteiger partial charge on any atom is -0.329 e. The Morgan fingerprint density at radius 1 is 1.38 bits per heavy atom. The third-order valence-electron chi connectivity index (χ3n) is 2.98. The molecule has 0 aromatic carbocycles. The van der Waals surface area contributed by atoms with Gasteiger partial charge >= 0.3 is 0 Å². The summed E-state index contributed by atoms with van der Waals surface area (Å²) < 4.78 is 0. The van der Waals surface area contributed by atoms with E-state index in [4.69, 9.17) is 5.73 Å². The summed E-state index contributed by atoms with van der Waals surface area (Å²) in [7, 11) is 0. The predicted molar refractivity (Wildman–Crippen MR) is 68.0 cm³/mol. The number of pyridine rings is 1. The highest BCUT2D eigenvalue weighted by Crippen LogP contribution is 2.12. The maximum Gasteiger partial charge on any atom is 0.0544 e. The number of hydrogen-bond donors (Lipinski definition) is 1. The zero-order valence-corrected chi connectivity index (χ0v) is 10.6. The molecule has 0 saturated heterocycles. The molecule has 1 unspecified atom stereocenters. The zero-order chi connectivity index (χ0) is 12.0. The molecule has 0 fully saturated rings. The van der Waals surface area contributed by atoms with Crippen molar-refractivity contribution in [3.63, 3.8) is 0 Å². The monoisotopic (exact) mass is 221 g/mol. The third-order valence-corrected chi connectivity index (χ3v) is 2.98. The van der Waals surface area contributed by atoms with E-state index in [1.807, 2.05) is 18.3 Å². The maximum atomic E-state index is 5.84. The first-order valence-electron chi connectivity index (χ1n) is 6.03. The molecule has 0 aliphatic carbocycles. The molecule has 0 saturated carbocycles. The summed E-state index contributed by atoms with van der Waals surface area (Å²) >= 11 is 0. The quantitative estimate of drug-likeness (QED) is 0.797. The Balaban J connectivity index is 2.68. The van der Waals surface area contributed by atoms with E-state index in [9.17, 15) is 0 Å². The number of nitrogens with zero attached hydrogens (tertiary/aromatic N) is 2. The fourth-order valence-electron chi connectivity index (χ4n) is 2.01. The number of hydrogen-bond acceptors (Lipinski definition) is 3. The molecule has 0 amide bonds. The van der Waals surface area contributed by atoms with E-state index in [1.165, 1.54) is 0 Å². The normalized spacial score (nSPS) is 13.4. The fourth-order valence-corrected chi connectivity index (χ4v) is 2.01. The molecule has 1 aromatic heterocycles. The Morgan fingerprint density at radius 3 is 2.56 bits per heavy atom. The molecule has 1 atom stereocenters. The smallest absolute Gasteiger partial charge is 0.0544 e. The minimum atomic E-state index is 0.437. The van der Waals surface area contributed by atoms with Crippen LogP contribution in [0.15, 0.2) is 24.4 Å². The highest BCUT2D eigenvalue weighted by atomic mass is 15.2. The number of nitrogens with two attached hydrogens (primary N) is 1. The van der Waals surface area contributed by atoms with Gasteiger partial charge in [0, 0.05) is 25.3 Å². The van der Waals surface area contributed by atoms with Gasteiger partial charge in [0.2, 0.25) is 0 Å². The van der Waals surface area contributed by atoms with Gasteiger partial charge in [-0.3, -0.25) is 9.88 Å². The lowest BCUT2D eigenvalue weighted by molar-refractivity contribution is 0.158. The van der Waals surface area contributed by atoms with Gasteiger partial charge in [-0.25, -0.2) is 0 Å². The Bertz CT molecular complexity index is 284. The van der Waals surface area contributed by atoms with E-state index in [1.54, 1.807) is 0 Å². The highest BCUT2D eigenvalue weighted by Gasteiger charge is 2.19. The Hall–Kier alpha value is -0.930. The second-order valence-electron chi connectivity index (χ2n) is 4.43. The highest BCUT2D eigenvalue weighted by molar-refractivity contribution is 5.03. The zero-order valence-electron chi connectivity index (χ0n) is 10.6. The molecule has 90 valence electrons. The molecule has 0 spiro atoms. The van der Waals surface area contributed by atoms with Crippen LogP contribution in [0.1, 0.15) is 26.5 Å². The molecule has 2 N–H and O–H groups in total. The molecule has 3 nitrogen and oxygen atoms in total. The van der Waals surface area contributed by atoms with Crippen molar-refractivity contribution in [1.29, 1.82) is 0 Å². The molecule has 1 heterocycles. The van der Waals surface area contributed by atoms with Crippen LogP contribution in [0.3, 0.4) is 0 Å². The van der Waals surface area contributed by atoms with E-state index in [2.05, 4.69) is 36.7 Å². The Kier molecular flexibility index (Phi) is 5.43. The van der Waals surface area contributed by atoms with Crippen molar-refractivity contribution < 1.29 is 0 Å². The van der Waals surface area contributed by atoms with E-state index < -0.39 is 0 Å². The predicted octanol–water partition coefficient (Wildman–Crippen LogP) is 1.89. The molecule has 0 radical (unpaired) electrons. The molecule has 0 aliphatic rings. The van der Waals surface area contributed by atoms with Gasteiger partial charge in [-0.1, -0.05) is 26.8 Å². The van der Waals surface area contributed by atoms with Crippen LogP contribution in [0.5, 0.6) is 0 Å². The summed E-state index contributed by atoms with van der Waals surface area (Å²) in [5.74, 6) is 0.577. The first kappa shape index (κ1) is 13.1. The maximum absolute atomic E-state index is 5.84. The van der Waals surface area contributed by atoms with Crippen LogP contribution in [0.4, 0.5) is 0 Å². The van der Waals surface area contributed by atoms with E-state index >= 15 is 0 Å². The van der Waals surface area contributed by atoms with Crippen LogP contribution in [0.2, 0.25) is 0 Å². The summed E-state index contributed by atoms with van der Waals surface area (Å²) in [5, 5.41) is 0. The Labute approximate surface area is 98.7 Å². The average molecular weight is 221 g/mol. The van der Waals surface area contributed by atoms with Crippen molar-refractivity contribution in [2.24, 2.45) is 11.7 Å². The fraction of sp³-hybridized carbons (Fsp3) is 0.615. The van der Waals surface area contributed by atoms with Crippen molar-refractivity contribution in [2.75, 3.05) is 13.1 Å². The number of aromatic nitrogens is 1. The van der Waals surface area contributed by atoms with E-state index in [-0.39, 0.29) is 0 Å². The van der Waals surface area contributed by atoms with Crippen molar-refractivity contribution >= 4 is 0 Å². The van der Waals surface area contributed by atoms with E-state index in [0.29, 0.717) is 18.5 Å². The van der Waals surface area contributed by atoms with Crippen molar-refractivity contribution in [3.8, 4) is 0 Å². The SMILES string of the molecule is CCN(Cc1ccccn1)C(CN)C(C)C. The largest absolute Gasteiger partial charge is 0.329 e. The van der Waals surface area contributed by atoms with Crippen LogP contribution in [0, 0.1) is 5.92 Å². The first-order chi connectivity index (χ1) is 7.69. The molecule has 0 bridgehead atoms. The van der Waals surface area contributed by atoms with Crippen molar-refractivity contribution in [1.82, 2.24) is 9.88 Å². The van der Waals surface area contributed by atoms with Gasteiger partial charge in [-0.2, -0.15) is 0 Å². The average Bonchev–Trinajstić information content (AvgIpc) is 2.29. The van der Waals surface area contributed by atoms with Gasteiger partial charge in [0.05, 0.1) is 5.69 Å². The summed E-state index contributed by atoms with van der Waals surface area (Å²) in [6.07, 6.45) is 1.84. The van der Waals surface area contributed by atoms with Gasteiger partial charge < -0.3 is 5.73 Å². The first-order valence-corrected chi connectivity index (χ1v) is 6.03. The summed E-state index contributed by atoms with van der Waals surface area (Å²) in [6, 6.07) is 6.48. The van der Waals surface area contributed by atoms with Crippen molar-refractivity contribution in [2.45, 2.75) is 33.4 Å². The Morgan fingerprint density at radius 2 is 2.12 bits per heavy atom. The second kappa shape index (κ2) is 6.61. The van der Waals surface area contributed by atoms with E-state index in [0.717, 1.165) is 18.8 Å². The van der Waals surface area contributed by atoms with Crippen LogP contribution < -0.4 is 5.73 Å². The molecule has 1 rings (SSSR count). The number of rotatable bonds is 6. The van der Waals surface area contributed by atoms with Crippen molar-refractivity contribution in [3.05, 3.63) is 30.1 Å². The standard InChI is InChI=1S/C13H23N3/c1-4-16(13(9-14)11(2)3)10-12-7-5-6-8-15-12/h5-8,11,13H,4,9-10,14H2,1-3H3. The molecule has 3 heteroatoms. The summed E-state index contributed by atoms with van der Waals surface area (Å²) in [5.41, 5.74) is 6.96. The van der Waals surface area contributed by atoms with Gasteiger partial charge in [0.15, 0.2) is 0 Å². The second-order valence-corrected chi connectivity index (χ2v) is 4.43. The lowest BCUT2D eigenvalue weighted by Gasteiger charge is -2.32. The topological polar surface area (TPSA) is 42.2 Å². The molecular formula is C13H23N3. The van der Waals surface area contributed by atoms with Crippen LogP contribution in [-0.4, -0.2) is 29.0 Å². The van der Waals surface area contributed by atoms with Gasteiger partial charge in [-0.15, -0.1) is 0 Å². The van der Waals surface area contributed by atoms with Gasteiger partial charge in [0.25, 0.3) is 0 Å². The van der Waals surface area contributed by atoms with Crippen LogP contribution in [0.25, 0.3) is 0 Å². The minimum absolute atomic E-state index is 0.437. The molecular weight excluding hydrogens is 198 g/mol. The molecule has 0 aliphatic heterocycles. The van der Waals surface area contributed by atoms with Crippen LogP contribution in [-0.2, 0) is 6.54 Å². The lowest BCUT2D eigenvalue weighted by atomic mass is 10.0. The molecule has 1 aromatic rings. The summed E-state index contributed by atoms with van der Waals surface area (Å²) in [6.45, 7) is 9.22. The van der Waals surface area contributed by atoms with Crippen LogP contribution >= 0.6 is 0 Å². The third kappa shape index (κ3) is 3.58. The van der Waals surface area contributed by atoms with Gasteiger partial charge in [-0.05, 0) is 24.6 Å². The van der Waals surface area contributed by atoms with Gasteiger partial charge in [0.1, 0.15) is 0 Å². The summed E-state index contributed by atoms with van der Waals surface area (Å²) in [4.78, 5) is 6.76. The lowest BCUT2D eigenvalue weighted by Crippen LogP contribution is -2.43. The molecule has 16 heavy (non-hydrogen) atoms.